The van der Waals surface area contributed by atoms with Crippen molar-refractivity contribution in [2.75, 3.05) is 12.4 Å². The maximum Gasteiger partial charge on any atom is 0.135 e. The van der Waals surface area contributed by atoms with Crippen LogP contribution in [0.2, 0.25) is 0 Å². The Labute approximate surface area is 80.3 Å². The first-order valence-electron chi connectivity index (χ1n) is 3.59. The minimum atomic E-state index is 0.567. The van der Waals surface area contributed by atoms with Gasteiger partial charge >= 0.3 is 0 Å². The van der Waals surface area contributed by atoms with Crippen molar-refractivity contribution >= 4 is 21.5 Å². The Morgan fingerprint density at radius 3 is 3.08 bits per heavy atom. The van der Waals surface area contributed by atoms with Gasteiger partial charge in [0.1, 0.15) is 5.76 Å². The second-order valence-electron chi connectivity index (χ2n) is 2.45. The molecule has 1 aromatic heterocycles. The maximum absolute atomic E-state index is 5.26. The predicted octanol–water partition coefficient (Wildman–Crippen LogP) is 2.83. The molecule has 0 aliphatic carbocycles. The second kappa shape index (κ2) is 4.48. The van der Waals surface area contributed by atoms with Crippen LogP contribution in [-0.2, 0) is 11.3 Å². The van der Waals surface area contributed by atoms with E-state index in [1.807, 2.05) is 6.07 Å². The summed E-state index contributed by atoms with van der Waals surface area (Å²) in [5.74, 6) is 0.828. The molecule has 66 valence electrons. The number of alkyl halides is 1. The highest BCUT2D eigenvalue weighted by Gasteiger charge is 2.07. The van der Waals surface area contributed by atoms with Crippen LogP contribution in [0.5, 0.6) is 0 Å². The van der Waals surface area contributed by atoms with Crippen molar-refractivity contribution in [2.24, 2.45) is 0 Å². The Hall–Kier alpha value is -0.540. The number of hydrogen-bond acceptors (Lipinski definition) is 2. The number of furan rings is 1. The molecule has 0 radical (unpaired) electrons. The van der Waals surface area contributed by atoms with Gasteiger partial charge in [0.25, 0.3) is 0 Å². The third-order valence-corrected chi connectivity index (χ3v) is 2.21. The fraction of sp³-hybridized carbons (Fsp3) is 0.333. The van der Waals surface area contributed by atoms with E-state index in [9.17, 15) is 0 Å². The van der Waals surface area contributed by atoms with Crippen LogP contribution in [0.4, 0.5) is 0 Å². The van der Waals surface area contributed by atoms with Crippen LogP contribution in [0.25, 0.3) is 5.57 Å². The van der Waals surface area contributed by atoms with Crippen molar-refractivity contribution < 1.29 is 9.15 Å². The lowest BCUT2D eigenvalue weighted by Gasteiger charge is -2.00. The predicted molar refractivity (Wildman–Crippen MR) is 52.2 cm³/mol. The first-order valence-corrected chi connectivity index (χ1v) is 4.71. The summed E-state index contributed by atoms with van der Waals surface area (Å²) in [5, 5.41) is 0.719. The van der Waals surface area contributed by atoms with E-state index in [1.165, 1.54) is 0 Å². The fourth-order valence-corrected chi connectivity index (χ4v) is 1.23. The summed E-state index contributed by atoms with van der Waals surface area (Å²) >= 11 is 3.32. The van der Waals surface area contributed by atoms with Gasteiger partial charge in [-0.1, -0.05) is 22.5 Å². The molecule has 1 heterocycles. The first kappa shape index (κ1) is 9.55. The second-order valence-corrected chi connectivity index (χ2v) is 3.01. The molecule has 0 bridgehead atoms. The van der Waals surface area contributed by atoms with Crippen LogP contribution in [0.3, 0.4) is 0 Å². The molecule has 0 amide bonds. The van der Waals surface area contributed by atoms with Crippen molar-refractivity contribution in [1.82, 2.24) is 0 Å². The fourth-order valence-electron chi connectivity index (χ4n) is 0.976. The molecular formula is C9H11BrO2. The van der Waals surface area contributed by atoms with Gasteiger partial charge in [0.15, 0.2) is 0 Å². The Bertz CT molecular complexity index is 265. The van der Waals surface area contributed by atoms with Crippen molar-refractivity contribution in [3.8, 4) is 0 Å². The molecule has 2 nitrogen and oxygen atoms in total. The smallest absolute Gasteiger partial charge is 0.135 e. The van der Waals surface area contributed by atoms with E-state index in [4.69, 9.17) is 9.15 Å². The standard InChI is InChI=1S/C9H11BrO2/c1-7(5-10)9-8(6-11-2)3-4-12-9/h3-4H,1,5-6H2,2H3. The number of rotatable bonds is 4. The van der Waals surface area contributed by atoms with Gasteiger partial charge in [-0.05, 0) is 11.6 Å². The Kier molecular flexibility index (Phi) is 3.56. The third kappa shape index (κ3) is 1.99. The van der Waals surface area contributed by atoms with Gasteiger partial charge in [-0.25, -0.2) is 0 Å². The van der Waals surface area contributed by atoms with E-state index in [2.05, 4.69) is 22.5 Å². The lowest BCUT2D eigenvalue weighted by molar-refractivity contribution is 0.184. The van der Waals surface area contributed by atoms with Crippen LogP contribution in [0.15, 0.2) is 23.3 Å². The average Bonchev–Trinajstić information content (AvgIpc) is 2.52. The van der Waals surface area contributed by atoms with Crippen molar-refractivity contribution in [3.63, 3.8) is 0 Å². The van der Waals surface area contributed by atoms with Crippen LogP contribution < -0.4 is 0 Å². The number of allylic oxidation sites excluding steroid dienone is 1. The van der Waals surface area contributed by atoms with E-state index < -0.39 is 0 Å². The van der Waals surface area contributed by atoms with Crippen molar-refractivity contribution in [2.45, 2.75) is 6.61 Å². The van der Waals surface area contributed by atoms with Crippen molar-refractivity contribution in [1.29, 1.82) is 0 Å². The Balaban J connectivity index is 2.83. The maximum atomic E-state index is 5.26. The minimum Gasteiger partial charge on any atom is -0.464 e. The van der Waals surface area contributed by atoms with Gasteiger partial charge in [0.05, 0.1) is 12.9 Å². The summed E-state index contributed by atoms with van der Waals surface area (Å²) < 4.78 is 10.3. The molecule has 12 heavy (non-hydrogen) atoms. The summed E-state index contributed by atoms with van der Waals surface area (Å²) in [7, 11) is 1.66. The molecule has 0 fully saturated rings. The van der Waals surface area contributed by atoms with Crippen LogP contribution in [0, 0.1) is 0 Å². The first-order chi connectivity index (χ1) is 5.79. The SMILES string of the molecule is C=C(CBr)c1occc1COC. The number of ether oxygens (including phenoxy) is 1. The molecule has 0 unspecified atom stereocenters. The van der Waals surface area contributed by atoms with E-state index in [-0.39, 0.29) is 0 Å². The molecule has 0 aliphatic heterocycles. The van der Waals surface area contributed by atoms with Gasteiger partial charge in [0, 0.05) is 18.0 Å². The van der Waals surface area contributed by atoms with Crippen LogP contribution in [-0.4, -0.2) is 12.4 Å². The molecule has 1 aromatic rings. The van der Waals surface area contributed by atoms with Gasteiger partial charge in [-0.15, -0.1) is 0 Å². The van der Waals surface area contributed by atoms with Gasteiger partial charge in [-0.2, -0.15) is 0 Å². The van der Waals surface area contributed by atoms with Crippen LogP contribution >= 0.6 is 15.9 Å². The highest BCUT2D eigenvalue weighted by molar-refractivity contribution is 9.09. The minimum absolute atomic E-state index is 0.567. The topological polar surface area (TPSA) is 22.4 Å². The molecule has 1 rings (SSSR count). The molecule has 0 saturated carbocycles. The lowest BCUT2D eigenvalue weighted by atomic mass is 10.2. The Morgan fingerprint density at radius 2 is 2.50 bits per heavy atom. The number of hydrogen-bond donors (Lipinski definition) is 0. The highest BCUT2D eigenvalue weighted by atomic mass is 79.9. The summed E-state index contributed by atoms with van der Waals surface area (Å²) in [6.45, 7) is 4.43. The molecule has 3 heteroatoms. The number of methoxy groups -OCH3 is 1. The summed E-state index contributed by atoms with van der Waals surface area (Å²) in [5.41, 5.74) is 1.98. The lowest BCUT2D eigenvalue weighted by Crippen LogP contribution is -1.90. The van der Waals surface area contributed by atoms with Crippen molar-refractivity contribution in [3.05, 3.63) is 30.2 Å². The molecule has 0 aromatic carbocycles. The third-order valence-electron chi connectivity index (χ3n) is 1.53. The zero-order chi connectivity index (χ0) is 8.97. The monoisotopic (exact) mass is 230 g/mol. The quantitative estimate of drug-likeness (QED) is 0.743. The highest BCUT2D eigenvalue weighted by Crippen LogP contribution is 2.21. The molecule has 0 spiro atoms. The molecule has 0 saturated heterocycles. The summed E-state index contributed by atoms with van der Waals surface area (Å²) in [4.78, 5) is 0. The normalized spacial score (nSPS) is 10.2. The van der Waals surface area contributed by atoms with Gasteiger partial charge in [-0.3, -0.25) is 0 Å². The number of halogens is 1. The zero-order valence-electron chi connectivity index (χ0n) is 6.97. The van der Waals surface area contributed by atoms with E-state index >= 15 is 0 Å². The molecular weight excluding hydrogens is 220 g/mol. The Morgan fingerprint density at radius 1 is 1.75 bits per heavy atom. The molecule has 0 atom stereocenters. The summed E-state index contributed by atoms with van der Waals surface area (Å²) in [6.07, 6.45) is 1.65. The van der Waals surface area contributed by atoms with E-state index in [0.29, 0.717) is 6.61 Å². The van der Waals surface area contributed by atoms with E-state index in [0.717, 1.165) is 22.2 Å². The van der Waals surface area contributed by atoms with Gasteiger partial charge < -0.3 is 9.15 Å². The molecule has 0 N–H and O–H groups in total. The van der Waals surface area contributed by atoms with Gasteiger partial charge in [0.2, 0.25) is 0 Å². The van der Waals surface area contributed by atoms with Crippen LogP contribution in [0.1, 0.15) is 11.3 Å². The zero-order valence-corrected chi connectivity index (χ0v) is 8.56. The average molecular weight is 231 g/mol. The largest absolute Gasteiger partial charge is 0.464 e. The molecule has 0 aliphatic rings. The summed E-state index contributed by atoms with van der Waals surface area (Å²) in [6, 6.07) is 1.90. The van der Waals surface area contributed by atoms with E-state index in [1.54, 1.807) is 13.4 Å².